The van der Waals surface area contributed by atoms with Crippen molar-refractivity contribution in [2.45, 2.75) is 19.4 Å². The van der Waals surface area contributed by atoms with Crippen LogP contribution in [0.15, 0.2) is 36.1 Å². The minimum Gasteiger partial charge on any atom is -0.470 e. The van der Waals surface area contributed by atoms with Gasteiger partial charge >= 0.3 is 0 Å². The number of anilines is 2. The van der Waals surface area contributed by atoms with Gasteiger partial charge in [-0.2, -0.15) is 10.1 Å². The van der Waals surface area contributed by atoms with Crippen molar-refractivity contribution in [2.75, 3.05) is 25.1 Å². The summed E-state index contributed by atoms with van der Waals surface area (Å²) in [5, 5.41) is 12.9. The Labute approximate surface area is 188 Å². The molecule has 1 saturated heterocycles. The zero-order valence-electron chi connectivity index (χ0n) is 17.7. The Kier molecular flexibility index (Phi) is 5.50. The molecule has 0 radical (unpaired) electrons. The van der Waals surface area contributed by atoms with E-state index in [0.29, 0.717) is 37.2 Å². The van der Waals surface area contributed by atoms with Crippen LogP contribution >= 0.6 is 11.3 Å². The van der Waals surface area contributed by atoms with Gasteiger partial charge in [0.15, 0.2) is 0 Å². The molecule has 11 heteroatoms. The van der Waals surface area contributed by atoms with E-state index in [9.17, 15) is 4.79 Å². The minimum absolute atomic E-state index is 0.0655. The molecule has 0 saturated carbocycles. The largest absolute Gasteiger partial charge is 0.470 e. The number of rotatable bonds is 7. The standard InChI is InChI=1S/C21H23N7O3S/c1-3-22-19(29)13-8-17(32-12-13)25-21-24-16-4-6-28(14-9-23-27(2)10-14)18(16)20(26-21)31-15-5-7-30-11-15/h4,6,8-10,12,15H,3,5,7,11H2,1-2H3,(H,22,29)(H,24,25,26)/t15-/m0/s1. The molecule has 1 atom stereocenters. The van der Waals surface area contributed by atoms with E-state index in [1.54, 1.807) is 22.3 Å². The molecule has 32 heavy (non-hydrogen) atoms. The second kappa shape index (κ2) is 8.60. The number of ether oxygens (including phenoxy) is 2. The molecule has 2 N–H and O–H groups in total. The molecule has 5 rings (SSSR count). The first-order valence-electron chi connectivity index (χ1n) is 10.4. The first kappa shape index (κ1) is 20.5. The second-order valence-electron chi connectivity index (χ2n) is 7.43. The zero-order valence-corrected chi connectivity index (χ0v) is 18.6. The molecule has 10 nitrogen and oxygen atoms in total. The van der Waals surface area contributed by atoms with Crippen molar-refractivity contribution in [2.24, 2.45) is 7.05 Å². The summed E-state index contributed by atoms with van der Waals surface area (Å²) >= 11 is 1.42. The Morgan fingerprint density at radius 1 is 1.41 bits per heavy atom. The van der Waals surface area contributed by atoms with Crippen molar-refractivity contribution in [3.63, 3.8) is 0 Å². The van der Waals surface area contributed by atoms with Crippen molar-refractivity contribution in [3.8, 4) is 11.6 Å². The fourth-order valence-electron chi connectivity index (χ4n) is 3.56. The van der Waals surface area contributed by atoms with E-state index in [4.69, 9.17) is 9.47 Å². The average Bonchev–Trinajstić information content (AvgIpc) is 3.55. The molecule has 1 fully saturated rings. The van der Waals surface area contributed by atoms with E-state index in [1.165, 1.54) is 11.3 Å². The summed E-state index contributed by atoms with van der Waals surface area (Å²) in [6.45, 7) is 3.67. The maximum absolute atomic E-state index is 12.1. The highest BCUT2D eigenvalue weighted by atomic mass is 32.1. The quantitative estimate of drug-likeness (QED) is 0.443. The van der Waals surface area contributed by atoms with Gasteiger partial charge in [0.25, 0.3) is 5.91 Å². The predicted molar refractivity (Wildman–Crippen MR) is 121 cm³/mol. The topological polar surface area (TPSA) is 108 Å². The van der Waals surface area contributed by atoms with Gasteiger partial charge in [0.05, 0.1) is 41.2 Å². The van der Waals surface area contributed by atoms with Gasteiger partial charge in [-0.05, 0) is 19.1 Å². The Bertz CT molecular complexity index is 1260. The highest BCUT2D eigenvalue weighted by Gasteiger charge is 2.22. The molecule has 0 aromatic carbocycles. The number of carbonyl (C=O) groups is 1. The summed E-state index contributed by atoms with van der Waals surface area (Å²) in [5.41, 5.74) is 3.00. The summed E-state index contributed by atoms with van der Waals surface area (Å²) in [6.07, 6.45) is 6.37. The lowest BCUT2D eigenvalue weighted by molar-refractivity contribution is 0.0956. The number of aryl methyl sites for hydroxylation is 1. The van der Waals surface area contributed by atoms with Crippen LogP contribution in [0.2, 0.25) is 0 Å². The van der Waals surface area contributed by atoms with Crippen molar-refractivity contribution < 1.29 is 14.3 Å². The normalized spacial score (nSPS) is 15.9. The molecule has 0 spiro atoms. The molecule has 1 aliphatic rings. The van der Waals surface area contributed by atoms with Crippen LogP contribution in [0, 0.1) is 0 Å². The van der Waals surface area contributed by atoms with Crippen LogP contribution in [0.1, 0.15) is 23.7 Å². The first-order chi connectivity index (χ1) is 15.6. The lowest BCUT2D eigenvalue weighted by Crippen LogP contribution is -2.21. The van der Waals surface area contributed by atoms with E-state index in [-0.39, 0.29) is 12.0 Å². The zero-order chi connectivity index (χ0) is 22.1. The Morgan fingerprint density at radius 2 is 2.31 bits per heavy atom. The molecule has 0 bridgehead atoms. The van der Waals surface area contributed by atoms with Gasteiger partial charge in [0, 0.05) is 37.8 Å². The van der Waals surface area contributed by atoms with Gasteiger partial charge in [0.2, 0.25) is 11.8 Å². The summed E-state index contributed by atoms with van der Waals surface area (Å²) < 4.78 is 15.4. The lowest BCUT2D eigenvalue weighted by atomic mass is 10.3. The number of nitrogens with zero attached hydrogens (tertiary/aromatic N) is 5. The van der Waals surface area contributed by atoms with Crippen LogP contribution < -0.4 is 15.4 Å². The van der Waals surface area contributed by atoms with Crippen LogP contribution in [0.4, 0.5) is 10.9 Å². The van der Waals surface area contributed by atoms with E-state index in [0.717, 1.165) is 28.1 Å². The van der Waals surface area contributed by atoms with Crippen LogP contribution in [0.25, 0.3) is 16.7 Å². The number of nitrogens with one attached hydrogen (secondary N) is 2. The van der Waals surface area contributed by atoms with E-state index >= 15 is 0 Å². The summed E-state index contributed by atoms with van der Waals surface area (Å²) in [7, 11) is 1.87. The monoisotopic (exact) mass is 453 g/mol. The fraction of sp³-hybridized carbons (Fsp3) is 0.333. The summed E-state index contributed by atoms with van der Waals surface area (Å²) in [4.78, 5) is 21.4. The highest BCUT2D eigenvalue weighted by Crippen LogP contribution is 2.31. The van der Waals surface area contributed by atoms with Crippen molar-refractivity contribution in [1.82, 2.24) is 29.6 Å². The van der Waals surface area contributed by atoms with Crippen LogP contribution in [-0.4, -0.2) is 56.1 Å². The van der Waals surface area contributed by atoms with Gasteiger partial charge < -0.3 is 24.7 Å². The van der Waals surface area contributed by atoms with E-state index < -0.39 is 0 Å². The summed E-state index contributed by atoms with van der Waals surface area (Å²) in [6, 6.07) is 3.71. The SMILES string of the molecule is CCNC(=O)c1csc(Nc2nc(O[C@H]3CCOC3)c3c(ccn3-c3cnn(C)c3)n2)c1. The third-order valence-electron chi connectivity index (χ3n) is 5.07. The maximum atomic E-state index is 12.1. The van der Waals surface area contributed by atoms with Gasteiger partial charge in [0.1, 0.15) is 11.6 Å². The number of amides is 1. The number of fused-ring (bicyclic) bond motifs is 1. The number of thiophene rings is 1. The molecule has 4 aromatic heterocycles. The third-order valence-corrected chi connectivity index (χ3v) is 5.92. The Balaban J connectivity index is 1.51. The van der Waals surface area contributed by atoms with Gasteiger partial charge in [-0.1, -0.05) is 0 Å². The molecular weight excluding hydrogens is 430 g/mol. The molecule has 1 aliphatic heterocycles. The number of hydrogen-bond acceptors (Lipinski definition) is 8. The number of carbonyl (C=O) groups excluding carboxylic acids is 1. The molecular formula is C21H23N7O3S. The molecule has 166 valence electrons. The van der Waals surface area contributed by atoms with Gasteiger partial charge in [-0.25, -0.2) is 4.98 Å². The minimum atomic E-state index is -0.105. The van der Waals surface area contributed by atoms with Crippen molar-refractivity contribution in [1.29, 1.82) is 0 Å². The third kappa shape index (κ3) is 4.04. The Morgan fingerprint density at radius 3 is 3.06 bits per heavy atom. The first-order valence-corrected chi connectivity index (χ1v) is 11.2. The molecule has 0 aliphatic carbocycles. The number of aromatic nitrogens is 5. The van der Waals surface area contributed by atoms with Gasteiger partial charge in [-0.15, -0.1) is 11.3 Å². The molecule has 1 amide bonds. The van der Waals surface area contributed by atoms with Crippen LogP contribution in [-0.2, 0) is 11.8 Å². The predicted octanol–water partition coefficient (Wildman–Crippen LogP) is 2.88. The van der Waals surface area contributed by atoms with Crippen LogP contribution in [0.3, 0.4) is 0 Å². The average molecular weight is 454 g/mol. The van der Waals surface area contributed by atoms with Crippen molar-refractivity contribution >= 4 is 39.2 Å². The molecule has 5 heterocycles. The maximum Gasteiger partial charge on any atom is 0.252 e. The van der Waals surface area contributed by atoms with Crippen LogP contribution in [0.5, 0.6) is 5.88 Å². The number of hydrogen-bond donors (Lipinski definition) is 2. The second-order valence-corrected chi connectivity index (χ2v) is 8.34. The fourth-order valence-corrected chi connectivity index (χ4v) is 4.33. The smallest absolute Gasteiger partial charge is 0.252 e. The van der Waals surface area contributed by atoms with E-state index in [1.807, 2.05) is 37.0 Å². The lowest BCUT2D eigenvalue weighted by Gasteiger charge is -2.14. The van der Waals surface area contributed by atoms with Gasteiger partial charge in [-0.3, -0.25) is 9.48 Å². The Hall–Kier alpha value is -3.44. The molecule has 4 aromatic rings. The molecule has 0 unspecified atom stereocenters. The highest BCUT2D eigenvalue weighted by molar-refractivity contribution is 7.14. The van der Waals surface area contributed by atoms with E-state index in [2.05, 4.69) is 25.7 Å². The summed E-state index contributed by atoms with van der Waals surface area (Å²) in [5.74, 6) is 0.772. The van der Waals surface area contributed by atoms with Crippen molar-refractivity contribution in [3.05, 3.63) is 41.7 Å².